The van der Waals surface area contributed by atoms with Crippen LogP contribution in [0, 0.1) is 11.8 Å². The second-order valence-electron chi connectivity index (χ2n) is 8.60. The van der Waals surface area contributed by atoms with E-state index in [0.717, 1.165) is 22.9 Å². The quantitative estimate of drug-likeness (QED) is 0.447. The highest BCUT2D eigenvalue weighted by Crippen LogP contribution is 2.49. The van der Waals surface area contributed by atoms with Crippen molar-refractivity contribution in [2.24, 2.45) is 11.8 Å². The summed E-state index contributed by atoms with van der Waals surface area (Å²) in [5, 5.41) is 17.3. The molecule has 0 amide bonds. The largest absolute Gasteiger partial charge is 0.389 e. The summed E-state index contributed by atoms with van der Waals surface area (Å²) >= 11 is 12.2. The van der Waals surface area contributed by atoms with Crippen molar-refractivity contribution < 1.29 is 5.11 Å². The Kier molecular flexibility index (Phi) is 7.67. The Bertz CT molecular complexity index is 717. The summed E-state index contributed by atoms with van der Waals surface area (Å²) in [6, 6.07) is 16.1. The van der Waals surface area contributed by atoms with E-state index in [9.17, 15) is 5.11 Å². The van der Waals surface area contributed by atoms with Gasteiger partial charge in [0.15, 0.2) is 0 Å². The predicted molar refractivity (Wildman–Crippen MR) is 124 cm³/mol. The summed E-state index contributed by atoms with van der Waals surface area (Å²) in [7, 11) is 0. The van der Waals surface area contributed by atoms with Gasteiger partial charge >= 0.3 is 0 Å². The Labute approximate surface area is 185 Å². The Morgan fingerprint density at radius 2 is 1.24 bits per heavy atom. The van der Waals surface area contributed by atoms with Crippen molar-refractivity contribution >= 4 is 23.2 Å². The first kappa shape index (κ1) is 22.6. The molecule has 1 aliphatic heterocycles. The Hall–Kier alpha value is -1.06. The summed E-state index contributed by atoms with van der Waals surface area (Å²) in [5.41, 5.74) is 1.59. The van der Waals surface area contributed by atoms with Crippen LogP contribution in [-0.2, 0) is 0 Å². The van der Waals surface area contributed by atoms with Gasteiger partial charge in [-0.25, -0.2) is 0 Å². The van der Waals surface area contributed by atoms with Crippen LogP contribution in [0.1, 0.15) is 76.1 Å². The van der Waals surface area contributed by atoms with Gasteiger partial charge in [-0.2, -0.15) is 0 Å². The third-order valence-corrected chi connectivity index (χ3v) is 7.33. The number of piperidine rings is 1. The molecule has 0 aliphatic carbocycles. The number of hydrogen-bond donors (Lipinski definition) is 2. The third kappa shape index (κ3) is 4.99. The number of hydrogen-bond acceptors (Lipinski definition) is 2. The van der Waals surface area contributed by atoms with Crippen LogP contribution in [0.4, 0.5) is 0 Å². The van der Waals surface area contributed by atoms with Crippen LogP contribution in [-0.4, -0.2) is 10.7 Å². The minimum absolute atomic E-state index is 0.0559. The molecule has 2 aromatic rings. The monoisotopic (exact) mass is 433 g/mol. The molecule has 1 fully saturated rings. The highest BCUT2D eigenvalue weighted by Gasteiger charge is 2.50. The Morgan fingerprint density at radius 1 is 0.793 bits per heavy atom. The average molecular weight is 434 g/mol. The molecule has 2 aromatic carbocycles. The van der Waals surface area contributed by atoms with Crippen LogP contribution < -0.4 is 5.32 Å². The molecule has 0 saturated carbocycles. The molecular weight excluding hydrogens is 401 g/mol. The Balaban J connectivity index is 1.94. The van der Waals surface area contributed by atoms with Crippen molar-refractivity contribution in [3.63, 3.8) is 0 Å². The minimum atomic E-state index is -0.742. The standard InChI is InChI=1S/C25H33Cl2NO/c1-4-5-6-7-16-25(29)17(2)23(19-8-12-21(26)13-9-19)28-24(18(25)3)20-10-14-22(27)15-11-20/h8-15,17-18,23-24,28-29H,4-7,16H2,1-3H3/t17-,18-,23-,24-/m1/s1. The van der Waals surface area contributed by atoms with Crippen LogP contribution in [0.2, 0.25) is 10.0 Å². The van der Waals surface area contributed by atoms with Gasteiger partial charge in [0.25, 0.3) is 0 Å². The number of halogens is 2. The smallest absolute Gasteiger partial charge is 0.0734 e. The number of unbranched alkanes of at least 4 members (excludes halogenated alkanes) is 3. The fourth-order valence-corrected chi connectivity index (χ4v) is 5.13. The molecule has 0 spiro atoms. The van der Waals surface area contributed by atoms with Gasteiger partial charge in [-0.15, -0.1) is 0 Å². The molecule has 0 aromatic heterocycles. The maximum absolute atomic E-state index is 12.0. The molecule has 158 valence electrons. The maximum atomic E-state index is 12.0. The molecular formula is C25H33Cl2NO. The molecule has 3 rings (SSSR count). The zero-order valence-corrected chi connectivity index (χ0v) is 19.2. The van der Waals surface area contributed by atoms with E-state index < -0.39 is 5.60 Å². The molecule has 0 radical (unpaired) electrons. The highest BCUT2D eigenvalue weighted by molar-refractivity contribution is 6.30. The van der Waals surface area contributed by atoms with Crippen molar-refractivity contribution in [2.75, 3.05) is 0 Å². The topological polar surface area (TPSA) is 32.3 Å². The van der Waals surface area contributed by atoms with Crippen molar-refractivity contribution in [3.8, 4) is 0 Å². The lowest BCUT2D eigenvalue weighted by atomic mass is 9.64. The third-order valence-electron chi connectivity index (χ3n) is 6.83. The van der Waals surface area contributed by atoms with Gasteiger partial charge in [-0.3, -0.25) is 0 Å². The minimum Gasteiger partial charge on any atom is -0.389 e. The van der Waals surface area contributed by atoms with E-state index in [1.54, 1.807) is 0 Å². The SMILES string of the molecule is CCCCCCC1(O)[C@H](C)[C@H](c2ccc(Cl)cc2)N[C@@H](c2ccc(Cl)cc2)[C@H]1C. The fraction of sp³-hybridized carbons (Fsp3) is 0.520. The molecule has 2 nitrogen and oxygen atoms in total. The van der Waals surface area contributed by atoms with Gasteiger partial charge in [-0.05, 0) is 41.8 Å². The molecule has 4 heteroatoms. The van der Waals surface area contributed by atoms with Gasteiger partial charge in [0.1, 0.15) is 0 Å². The van der Waals surface area contributed by atoms with Gasteiger partial charge in [0.05, 0.1) is 5.60 Å². The number of nitrogens with one attached hydrogen (secondary N) is 1. The first-order valence-corrected chi connectivity index (χ1v) is 11.6. The molecule has 29 heavy (non-hydrogen) atoms. The molecule has 2 N–H and O–H groups in total. The highest BCUT2D eigenvalue weighted by atomic mass is 35.5. The summed E-state index contributed by atoms with van der Waals surface area (Å²) in [4.78, 5) is 0. The zero-order chi connectivity index (χ0) is 21.0. The number of benzene rings is 2. The number of aliphatic hydroxyl groups is 1. The summed E-state index contributed by atoms with van der Waals surface area (Å²) in [6.07, 6.45) is 5.47. The molecule has 4 atom stereocenters. The predicted octanol–water partition coefficient (Wildman–Crippen LogP) is 7.35. The molecule has 0 bridgehead atoms. The summed E-state index contributed by atoms with van der Waals surface area (Å²) < 4.78 is 0. The van der Waals surface area contributed by atoms with Crippen molar-refractivity contribution in [2.45, 2.75) is 70.6 Å². The molecule has 1 saturated heterocycles. The average Bonchev–Trinajstić information content (AvgIpc) is 2.72. The lowest BCUT2D eigenvalue weighted by Crippen LogP contribution is -2.57. The normalized spacial score (nSPS) is 29.7. The maximum Gasteiger partial charge on any atom is 0.0734 e. The summed E-state index contributed by atoms with van der Waals surface area (Å²) in [5.74, 6) is 0.174. The van der Waals surface area contributed by atoms with Crippen LogP contribution in [0.15, 0.2) is 48.5 Å². The van der Waals surface area contributed by atoms with E-state index >= 15 is 0 Å². The Morgan fingerprint density at radius 3 is 1.66 bits per heavy atom. The lowest BCUT2D eigenvalue weighted by molar-refractivity contribution is -0.117. The lowest BCUT2D eigenvalue weighted by Gasteiger charge is -2.52. The van der Waals surface area contributed by atoms with E-state index in [1.807, 2.05) is 24.3 Å². The van der Waals surface area contributed by atoms with Gasteiger partial charge in [0.2, 0.25) is 0 Å². The van der Waals surface area contributed by atoms with Crippen LogP contribution in [0.25, 0.3) is 0 Å². The van der Waals surface area contributed by atoms with E-state index in [1.165, 1.54) is 30.4 Å². The first-order valence-electron chi connectivity index (χ1n) is 10.9. The van der Waals surface area contributed by atoms with Crippen LogP contribution in [0.3, 0.4) is 0 Å². The van der Waals surface area contributed by atoms with E-state index in [0.29, 0.717) is 0 Å². The number of rotatable bonds is 7. The van der Waals surface area contributed by atoms with E-state index in [4.69, 9.17) is 23.2 Å². The fourth-order valence-electron chi connectivity index (χ4n) is 4.87. The first-order chi connectivity index (χ1) is 13.9. The van der Waals surface area contributed by atoms with Crippen molar-refractivity contribution in [1.82, 2.24) is 5.32 Å². The van der Waals surface area contributed by atoms with E-state index in [-0.39, 0.29) is 23.9 Å². The van der Waals surface area contributed by atoms with Crippen molar-refractivity contribution in [1.29, 1.82) is 0 Å². The van der Waals surface area contributed by atoms with Gasteiger partial charge in [0, 0.05) is 34.0 Å². The summed E-state index contributed by atoms with van der Waals surface area (Å²) in [6.45, 7) is 6.58. The molecule has 0 unspecified atom stereocenters. The van der Waals surface area contributed by atoms with Crippen molar-refractivity contribution in [3.05, 3.63) is 69.7 Å². The van der Waals surface area contributed by atoms with Crippen LogP contribution in [0.5, 0.6) is 0 Å². The van der Waals surface area contributed by atoms with Gasteiger partial charge in [-0.1, -0.05) is 93.9 Å². The zero-order valence-electron chi connectivity index (χ0n) is 17.7. The second kappa shape index (κ2) is 9.83. The van der Waals surface area contributed by atoms with Crippen LogP contribution >= 0.6 is 23.2 Å². The van der Waals surface area contributed by atoms with E-state index in [2.05, 4.69) is 50.4 Å². The molecule has 1 heterocycles. The van der Waals surface area contributed by atoms with Gasteiger partial charge < -0.3 is 10.4 Å². The second-order valence-corrected chi connectivity index (χ2v) is 9.48. The molecule has 1 aliphatic rings.